The van der Waals surface area contributed by atoms with Crippen molar-refractivity contribution in [2.75, 3.05) is 0 Å². The van der Waals surface area contributed by atoms with Gasteiger partial charge in [0.2, 0.25) is 0 Å². The topological polar surface area (TPSA) is 88.1 Å². The van der Waals surface area contributed by atoms with Gasteiger partial charge in [0.15, 0.2) is 5.79 Å². The van der Waals surface area contributed by atoms with Gasteiger partial charge >= 0.3 is 21.6 Å². The number of alkyl halides is 3. The van der Waals surface area contributed by atoms with Gasteiger partial charge in [-0.3, -0.25) is 4.18 Å². The molecule has 2 fully saturated rings. The first kappa shape index (κ1) is 29.5. The maximum Gasteiger partial charge on any atom is 0.523 e. The molecular weight excluding hydrogens is 585 g/mol. The van der Waals surface area contributed by atoms with Gasteiger partial charge in [0, 0.05) is 10.9 Å². The van der Waals surface area contributed by atoms with Crippen LogP contribution in [-0.4, -0.2) is 44.0 Å². The van der Waals surface area contributed by atoms with Crippen LogP contribution in [0.25, 0.3) is 11.1 Å². The Bertz CT molecular complexity index is 1490. The normalized spacial score (nSPS) is 24.5. The lowest BCUT2D eigenvalue weighted by Crippen LogP contribution is -2.36. The van der Waals surface area contributed by atoms with Crippen molar-refractivity contribution < 1.29 is 44.8 Å². The quantitative estimate of drug-likeness (QED) is 0.167. The molecule has 7 nitrogen and oxygen atoms in total. The molecule has 1 saturated heterocycles. The fraction of sp³-hybridized carbons (Fsp3) is 0.345. The molecule has 0 radical (unpaired) electrons. The van der Waals surface area contributed by atoms with Crippen molar-refractivity contribution in [3.05, 3.63) is 95.0 Å². The van der Waals surface area contributed by atoms with Crippen molar-refractivity contribution in [2.45, 2.75) is 56.0 Å². The van der Waals surface area contributed by atoms with Crippen molar-refractivity contribution in [3.63, 3.8) is 0 Å². The maximum atomic E-state index is 13.4. The highest BCUT2D eigenvalue weighted by atomic mass is 35.5. The Labute approximate surface area is 240 Å². The number of fused-ring (bicyclic) bond motifs is 1. The zero-order valence-electron chi connectivity index (χ0n) is 21.9. The van der Waals surface area contributed by atoms with Crippen LogP contribution in [-0.2, 0) is 28.5 Å². The van der Waals surface area contributed by atoms with Crippen LogP contribution in [0.2, 0.25) is 5.02 Å². The maximum absolute atomic E-state index is 13.4. The summed E-state index contributed by atoms with van der Waals surface area (Å²) >= 11 is 6.06. The van der Waals surface area contributed by atoms with Crippen molar-refractivity contribution >= 4 is 27.7 Å². The monoisotopic (exact) mass is 610 g/mol. The van der Waals surface area contributed by atoms with Gasteiger partial charge in [0.25, 0.3) is 0 Å². The minimum Gasteiger partial charge on any atom is -0.453 e. The van der Waals surface area contributed by atoms with Gasteiger partial charge in [0.05, 0.1) is 11.7 Å². The highest BCUT2D eigenvalue weighted by Gasteiger charge is 2.60. The van der Waals surface area contributed by atoms with E-state index in [1.54, 1.807) is 62.4 Å². The highest BCUT2D eigenvalue weighted by Crippen LogP contribution is 2.49. The van der Waals surface area contributed by atoms with Gasteiger partial charge in [-0.25, -0.2) is 4.79 Å². The minimum atomic E-state index is -5.93. The van der Waals surface area contributed by atoms with Crippen molar-refractivity contribution in [2.24, 2.45) is 5.92 Å². The number of ether oxygens (including phenoxy) is 3. The zero-order chi connectivity index (χ0) is 29.6. The van der Waals surface area contributed by atoms with E-state index >= 15 is 0 Å². The average molecular weight is 611 g/mol. The number of esters is 1. The van der Waals surface area contributed by atoms with Crippen LogP contribution in [0.1, 0.15) is 42.3 Å². The molecule has 0 bridgehead atoms. The van der Waals surface area contributed by atoms with Crippen LogP contribution in [0.15, 0.2) is 78.9 Å². The summed E-state index contributed by atoms with van der Waals surface area (Å²) in [6, 6.07) is 22.7. The SMILES string of the molecule is CC1(C)O[C@@H]2[C@H](O1)[C@@H](C(OC(=O)c1ccc(-c3ccccc3)cc1)c1ccc(Cl)cc1)C[C@@H]2OS(=O)(=O)C(F)(F)F. The largest absolute Gasteiger partial charge is 0.523 e. The third-order valence-electron chi connectivity index (χ3n) is 7.04. The van der Waals surface area contributed by atoms with E-state index in [1.807, 2.05) is 30.3 Å². The number of hydrogen-bond acceptors (Lipinski definition) is 7. The molecule has 0 aromatic heterocycles. The van der Waals surface area contributed by atoms with Crippen molar-refractivity contribution in [1.29, 1.82) is 0 Å². The van der Waals surface area contributed by atoms with Crippen LogP contribution in [0, 0.1) is 5.92 Å². The molecule has 41 heavy (non-hydrogen) atoms. The second-order valence-electron chi connectivity index (χ2n) is 10.3. The first-order chi connectivity index (χ1) is 19.2. The van der Waals surface area contributed by atoms with Crippen LogP contribution < -0.4 is 0 Å². The Morgan fingerprint density at radius 2 is 1.51 bits per heavy atom. The number of carbonyl (C=O) groups is 1. The number of benzene rings is 3. The van der Waals surface area contributed by atoms with Crippen LogP contribution in [0.3, 0.4) is 0 Å². The Hall–Kier alpha value is -2.96. The lowest BCUT2D eigenvalue weighted by atomic mass is 9.92. The van der Waals surface area contributed by atoms with Crippen LogP contribution >= 0.6 is 11.6 Å². The van der Waals surface area contributed by atoms with Crippen molar-refractivity contribution in [3.8, 4) is 11.1 Å². The smallest absolute Gasteiger partial charge is 0.453 e. The van der Waals surface area contributed by atoms with Gasteiger partial charge < -0.3 is 14.2 Å². The molecule has 0 amide bonds. The molecule has 2 aliphatic rings. The molecule has 0 spiro atoms. The fourth-order valence-corrected chi connectivity index (χ4v) is 6.00. The van der Waals surface area contributed by atoms with E-state index < -0.39 is 57.7 Å². The third-order valence-corrected chi connectivity index (χ3v) is 8.36. The summed E-state index contributed by atoms with van der Waals surface area (Å²) in [5.74, 6) is -2.75. The second kappa shape index (κ2) is 11.0. The first-order valence-corrected chi connectivity index (χ1v) is 14.5. The highest BCUT2D eigenvalue weighted by molar-refractivity contribution is 7.87. The Morgan fingerprint density at radius 3 is 2.12 bits per heavy atom. The van der Waals surface area contributed by atoms with Gasteiger partial charge in [-0.2, -0.15) is 21.6 Å². The van der Waals surface area contributed by atoms with Crippen LogP contribution in [0.5, 0.6) is 0 Å². The summed E-state index contributed by atoms with van der Waals surface area (Å²) < 4.78 is 85.7. The van der Waals surface area contributed by atoms with Gasteiger partial charge in [-0.05, 0) is 61.2 Å². The Balaban J connectivity index is 1.45. The van der Waals surface area contributed by atoms with Gasteiger partial charge in [0.1, 0.15) is 18.3 Å². The molecule has 1 aliphatic heterocycles. The van der Waals surface area contributed by atoms with Crippen molar-refractivity contribution in [1.82, 2.24) is 0 Å². The molecule has 218 valence electrons. The molecule has 1 saturated carbocycles. The molecule has 0 N–H and O–H groups in total. The summed E-state index contributed by atoms with van der Waals surface area (Å²) in [7, 11) is -5.93. The first-order valence-electron chi connectivity index (χ1n) is 12.7. The summed E-state index contributed by atoms with van der Waals surface area (Å²) in [6.45, 7) is 3.10. The van der Waals surface area contributed by atoms with E-state index in [2.05, 4.69) is 4.18 Å². The summed E-state index contributed by atoms with van der Waals surface area (Å²) in [5, 5.41) is 0.415. The third kappa shape index (κ3) is 6.29. The molecule has 5 rings (SSSR count). The van der Waals surface area contributed by atoms with E-state index in [0.29, 0.717) is 10.6 Å². The fourth-order valence-electron chi connectivity index (χ4n) is 5.25. The molecule has 1 heterocycles. The Morgan fingerprint density at radius 1 is 0.927 bits per heavy atom. The molecular formula is C29H26ClF3O7S. The van der Waals surface area contributed by atoms with Gasteiger partial charge in [-0.1, -0.05) is 66.2 Å². The molecule has 1 unspecified atom stereocenters. The molecule has 3 aromatic rings. The summed E-state index contributed by atoms with van der Waals surface area (Å²) in [6.07, 6.45) is -4.94. The number of rotatable bonds is 7. The summed E-state index contributed by atoms with van der Waals surface area (Å²) in [4.78, 5) is 13.4. The summed E-state index contributed by atoms with van der Waals surface area (Å²) in [5.41, 5.74) is -3.04. The predicted octanol–water partition coefficient (Wildman–Crippen LogP) is 6.68. The van der Waals surface area contributed by atoms with E-state index in [0.717, 1.165) is 11.1 Å². The molecule has 3 aromatic carbocycles. The number of carbonyl (C=O) groups excluding carboxylic acids is 1. The lowest BCUT2D eigenvalue weighted by Gasteiger charge is -2.29. The molecule has 1 aliphatic carbocycles. The Kier molecular flexibility index (Phi) is 7.95. The molecule has 12 heteroatoms. The van der Waals surface area contributed by atoms with Crippen LogP contribution in [0.4, 0.5) is 13.2 Å². The van der Waals surface area contributed by atoms with Gasteiger partial charge in [-0.15, -0.1) is 0 Å². The van der Waals surface area contributed by atoms with E-state index in [1.165, 1.54) is 0 Å². The molecule has 5 atom stereocenters. The second-order valence-corrected chi connectivity index (χ2v) is 12.3. The zero-order valence-corrected chi connectivity index (χ0v) is 23.4. The lowest BCUT2D eigenvalue weighted by molar-refractivity contribution is -0.170. The predicted molar refractivity (Wildman–Crippen MR) is 143 cm³/mol. The average Bonchev–Trinajstić information content (AvgIpc) is 3.40. The minimum absolute atomic E-state index is 0.245. The standard InChI is InChI=1S/C29H26ClF3O7S/c1-28(2)38-25-22(16-23(26(25)39-28)40-41(35,36)29(31,32)33)24(19-12-14-21(30)15-13-19)37-27(34)20-10-8-18(9-11-20)17-6-4-3-5-7-17/h3-15,22-26H,16H2,1-2H3/t22-,23+,24?,25-,26+/m1/s1. The number of halogens is 4. The van der Waals surface area contributed by atoms with E-state index in [4.69, 9.17) is 25.8 Å². The number of hydrogen-bond donors (Lipinski definition) is 0. The van der Waals surface area contributed by atoms with E-state index in [9.17, 15) is 26.4 Å². The van der Waals surface area contributed by atoms with E-state index in [-0.39, 0.29) is 12.0 Å².